The fourth-order valence-electron chi connectivity index (χ4n) is 1.58. The van der Waals surface area contributed by atoms with E-state index in [9.17, 15) is 9.90 Å². The highest BCUT2D eigenvalue weighted by molar-refractivity contribution is 6.06. The van der Waals surface area contributed by atoms with Crippen LogP contribution in [0.25, 0.3) is 0 Å². The van der Waals surface area contributed by atoms with Gasteiger partial charge in [-0.05, 0) is 37.1 Å². The first-order valence-corrected chi connectivity index (χ1v) is 6.21. The van der Waals surface area contributed by atoms with E-state index in [0.29, 0.717) is 5.69 Å². The van der Waals surface area contributed by atoms with E-state index in [2.05, 4.69) is 18.8 Å². The van der Waals surface area contributed by atoms with Gasteiger partial charge in [-0.3, -0.25) is 4.79 Å². The van der Waals surface area contributed by atoms with Gasteiger partial charge in [-0.15, -0.1) is 0 Å². The maximum Gasteiger partial charge on any atom is 0.259 e. The molecule has 0 aliphatic carbocycles. The average Bonchev–Trinajstić information content (AvgIpc) is 2.40. The summed E-state index contributed by atoms with van der Waals surface area (Å²) in [6.45, 7) is 7.37. The van der Waals surface area contributed by atoms with Crippen molar-refractivity contribution in [3.8, 4) is 0 Å². The maximum atomic E-state index is 12.0. The van der Waals surface area contributed by atoms with Crippen molar-refractivity contribution < 1.29 is 9.90 Å². The zero-order valence-electron chi connectivity index (χ0n) is 11.3. The summed E-state index contributed by atoms with van der Waals surface area (Å²) in [5, 5.41) is 12.4. The number of nitrogens with one attached hydrogen (secondary N) is 1. The van der Waals surface area contributed by atoms with Gasteiger partial charge in [0, 0.05) is 5.69 Å². The highest BCUT2D eigenvalue weighted by atomic mass is 16.3. The van der Waals surface area contributed by atoms with Crippen molar-refractivity contribution in [3.05, 3.63) is 66.0 Å². The SMILES string of the molecule is C=C/C(C(=O)Nc1ccc(CC)cc1)=C(O)\C=C/C. The molecular formula is C16H19NO2. The number of aliphatic hydroxyl groups excluding tert-OH is 1. The lowest BCUT2D eigenvalue weighted by Crippen LogP contribution is -2.14. The molecule has 0 aliphatic rings. The molecule has 1 amide bonds. The van der Waals surface area contributed by atoms with E-state index >= 15 is 0 Å². The number of carbonyl (C=O) groups excluding carboxylic acids is 1. The Bertz CT molecular complexity index is 510. The number of amides is 1. The quantitative estimate of drug-likeness (QED) is 0.479. The molecular weight excluding hydrogens is 238 g/mol. The van der Waals surface area contributed by atoms with Gasteiger partial charge in [0.25, 0.3) is 5.91 Å². The van der Waals surface area contributed by atoms with Gasteiger partial charge in [0.05, 0.1) is 5.57 Å². The van der Waals surface area contributed by atoms with Crippen molar-refractivity contribution in [2.24, 2.45) is 0 Å². The van der Waals surface area contributed by atoms with Crippen LogP contribution in [-0.4, -0.2) is 11.0 Å². The van der Waals surface area contributed by atoms with Crippen LogP contribution in [0.1, 0.15) is 19.4 Å². The second-order valence-corrected chi connectivity index (χ2v) is 4.01. The van der Waals surface area contributed by atoms with Crippen LogP contribution in [0, 0.1) is 0 Å². The van der Waals surface area contributed by atoms with E-state index in [1.807, 2.05) is 24.3 Å². The number of allylic oxidation sites excluding steroid dienone is 2. The summed E-state index contributed by atoms with van der Waals surface area (Å²) in [7, 11) is 0. The highest BCUT2D eigenvalue weighted by Gasteiger charge is 2.10. The van der Waals surface area contributed by atoms with Gasteiger partial charge < -0.3 is 10.4 Å². The molecule has 0 aromatic heterocycles. The van der Waals surface area contributed by atoms with E-state index in [-0.39, 0.29) is 17.2 Å². The fourth-order valence-corrected chi connectivity index (χ4v) is 1.58. The van der Waals surface area contributed by atoms with Gasteiger partial charge in [-0.1, -0.05) is 37.8 Å². The van der Waals surface area contributed by atoms with Gasteiger partial charge in [0.2, 0.25) is 0 Å². The molecule has 0 saturated carbocycles. The number of rotatable bonds is 5. The Morgan fingerprint density at radius 2 is 2.00 bits per heavy atom. The van der Waals surface area contributed by atoms with Crippen molar-refractivity contribution in [3.63, 3.8) is 0 Å². The number of hydrogen-bond acceptors (Lipinski definition) is 2. The molecule has 0 saturated heterocycles. The molecule has 0 atom stereocenters. The van der Waals surface area contributed by atoms with Crippen molar-refractivity contribution in [1.29, 1.82) is 0 Å². The van der Waals surface area contributed by atoms with Crippen LogP contribution in [0.2, 0.25) is 0 Å². The van der Waals surface area contributed by atoms with E-state index in [0.717, 1.165) is 6.42 Å². The van der Waals surface area contributed by atoms with Crippen LogP contribution >= 0.6 is 0 Å². The van der Waals surface area contributed by atoms with E-state index in [4.69, 9.17) is 0 Å². The maximum absolute atomic E-state index is 12.0. The molecule has 0 fully saturated rings. The monoisotopic (exact) mass is 257 g/mol. The first-order chi connectivity index (χ1) is 9.12. The number of benzene rings is 1. The Kier molecular flexibility index (Phi) is 5.61. The predicted molar refractivity (Wildman–Crippen MR) is 79.1 cm³/mol. The summed E-state index contributed by atoms with van der Waals surface area (Å²) in [5.41, 5.74) is 2.04. The van der Waals surface area contributed by atoms with Crippen LogP contribution < -0.4 is 5.32 Å². The van der Waals surface area contributed by atoms with Gasteiger partial charge in [0.1, 0.15) is 5.76 Å². The van der Waals surface area contributed by atoms with Gasteiger partial charge in [-0.25, -0.2) is 0 Å². The minimum absolute atomic E-state index is 0.0971. The molecule has 0 radical (unpaired) electrons. The summed E-state index contributed by atoms with van der Waals surface area (Å²) in [6.07, 6.45) is 5.40. The zero-order valence-corrected chi connectivity index (χ0v) is 11.3. The third-order valence-corrected chi connectivity index (χ3v) is 2.67. The molecule has 0 unspecified atom stereocenters. The van der Waals surface area contributed by atoms with Crippen LogP contribution in [0.15, 0.2) is 60.4 Å². The number of hydrogen-bond donors (Lipinski definition) is 2. The highest BCUT2D eigenvalue weighted by Crippen LogP contribution is 2.13. The molecule has 1 aromatic rings. The molecule has 1 rings (SSSR count). The topological polar surface area (TPSA) is 49.3 Å². The minimum atomic E-state index is -0.380. The molecule has 3 heteroatoms. The van der Waals surface area contributed by atoms with Crippen LogP contribution in [0.4, 0.5) is 5.69 Å². The molecule has 3 nitrogen and oxygen atoms in total. The summed E-state index contributed by atoms with van der Waals surface area (Å²) in [5.74, 6) is -0.477. The second kappa shape index (κ2) is 7.21. The molecule has 19 heavy (non-hydrogen) atoms. The molecule has 1 aromatic carbocycles. The summed E-state index contributed by atoms with van der Waals surface area (Å²) < 4.78 is 0. The molecule has 0 heterocycles. The molecule has 2 N–H and O–H groups in total. The lowest BCUT2D eigenvalue weighted by Gasteiger charge is -2.07. The van der Waals surface area contributed by atoms with Crippen molar-refractivity contribution >= 4 is 11.6 Å². The number of aliphatic hydroxyl groups is 1. The molecule has 100 valence electrons. The average molecular weight is 257 g/mol. The first kappa shape index (κ1) is 14.8. The smallest absolute Gasteiger partial charge is 0.259 e. The molecule has 0 bridgehead atoms. The normalized spacial score (nSPS) is 12.1. The van der Waals surface area contributed by atoms with Gasteiger partial charge >= 0.3 is 0 Å². The Morgan fingerprint density at radius 1 is 1.37 bits per heavy atom. The van der Waals surface area contributed by atoms with E-state index in [1.54, 1.807) is 13.0 Å². The Hall–Kier alpha value is -2.29. The molecule has 0 aliphatic heterocycles. The standard InChI is InChI=1S/C16H19NO2/c1-4-7-15(18)14(6-3)16(19)17-13-10-8-12(5-2)9-11-13/h4,6-11,18H,3,5H2,1-2H3,(H,17,19)/b7-4-,15-14-. The van der Waals surface area contributed by atoms with Crippen LogP contribution in [0.3, 0.4) is 0 Å². The minimum Gasteiger partial charge on any atom is -0.507 e. The molecule has 0 spiro atoms. The van der Waals surface area contributed by atoms with Crippen molar-refractivity contribution in [2.45, 2.75) is 20.3 Å². The van der Waals surface area contributed by atoms with E-state index < -0.39 is 0 Å². The van der Waals surface area contributed by atoms with Gasteiger partial charge in [0.15, 0.2) is 0 Å². The van der Waals surface area contributed by atoms with Crippen LogP contribution in [-0.2, 0) is 11.2 Å². The van der Waals surface area contributed by atoms with Crippen LogP contribution in [0.5, 0.6) is 0 Å². The van der Waals surface area contributed by atoms with Crippen molar-refractivity contribution in [1.82, 2.24) is 0 Å². The van der Waals surface area contributed by atoms with Gasteiger partial charge in [-0.2, -0.15) is 0 Å². The lowest BCUT2D eigenvalue weighted by molar-refractivity contribution is -0.112. The largest absolute Gasteiger partial charge is 0.507 e. The van der Waals surface area contributed by atoms with Crippen molar-refractivity contribution in [2.75, 3.05) is 5.32 Å². The Labute approximate surface area is 114 Å². The summed E-state index contributed by atoms with van der Waals surface area (Å²) in [6, 6.07) is 7.59. The number of aryl methyl sites for hydroxylation is 1. The van der Waals surface area contributed by atoms with E-state index in [1.165, 1.54) is 17.7 Å². The summed E-state index contributed by atoms with van der Waals surface area (Å²) >= 11 is 0. The fraction of sp³-hybridized carbons (Fsp3) is 0.188. The summed E-state index contributed by atoms with van der Waals surface area (Å²) in [4.78, 5) is 12.0. The predicted octanol–water partition coefficient (Wildman–Crippen LogP) is 3.76. The third-order valence-electron chi connectivity index (χ3n) is 2.67. The zero-order chi connectivity index (χ0) is 14.3. The third kappa shape index (κ3) is 4.14. The lowest BCUT2D eigenvalue weighted by atomic mass is 10.1. The number of anilines is 1. The number of carbonyl (C=O) groups is 1. The Balaban J connectivity index is 2.88. The second-order valence-electron chi connectivity index (χ2n) is 4.01. The Morgan fingerprint density at radius 3 is 2.47 bits per heavy atom. The first-order valence-electron chi connectivity index (χ1n) is 6.21.